The van der Waals surface area contributed by atoms with E-state index in [1.54, 1.807) is 36.0 Å². The van der Waals surface area contributed by atoms with Crippen LogP contribution in [-0.2, 0) is 7.05 Å². The molecule has 0 radical (unpaired) electrons. The van der Waals surface area contributed by atoms with E-state index in [0.29, 0.717) is 40.1 Å². The van der Waals surface area contributed by atoms with Gasteiger partial charge in [0.25, 0.3) is 5.56 Å². The Kier molecular flexibility index (Phi) is 6.40. The second kappa shape index (κ2) is 9.41. The first-order chi connectivity index (χ1) is 16.0. The molecule has 0 spiro atoms. The van der Waals surface area contributed by atoms with Crippen molar-refractivity contribution in [1.82, 2.24) is 14.5 Å². The molecule has 3 heterocycles. The van der Waals surface area contributed by atoms with Gasteiger partial charge in [-0.15, -0.1) is 0 Å². The maximum atomic E-state index is 14.5. The van der Waals surface area contributed by atoms with Crippen molar-refractivity contribution in [1.29, 1.82) is 5.26 Å². The zero-order chi connectivity index (χ0) is 23.5. The van der Waals surface area contributed by atoms with Crippen molar-refractivity contribution >= 4 is 5.95 Å². The smallest absolute Gasteiger partial charge is 0.263 e. The molecule has 0 unspecified atom stereocenters. The Labute approximate surface area is 192 Å². The number of methoxy groups -OCH3 is 1. The van der Waals surface area contributed by atoms with E-state index in [9.17, 15) is 9.18 Å². The van der Waals surface area contributed by atoms with Crippen LogP contribution in [0.5, 0.6) is 5.88 Å². The lowest BCUT2D eigenvalue weighted by atomic mass is 9.94. The van der Waals surface area contributed by atoms with Crippen molar-refractivity contribution in [2.75, 3.05) is 25.1 Å². The normalized spacial score (nSPS) is 14.2. The molecule has 0 saturated carbocycles. The molecule has 0 amide bonds. The molecule has 0 aliphatic carbocycles. The van der Waals surface area contributed by atoms with Gasteiger partial charge in [-0.3, -0.25) is 9.36 Å². The van der Waals surface area contributed by atoms with Gasteiger partial charge in [0.2, 0.25) is 11.8 Å². The summed E-state index contributed by atoms with van der Waals surface area (Å²) in [5.74, 6) is 1.00. The molecule has 0 atom stereocenters. The minimum Gasteiger partial charge on any atom is -0.481 e. The molecule has 1 aliphatic rings. The molecule has 2 aromatic heterocycles. The Hall–Kier alpha value is -3.73. The van der Waals surface area contributed by atoms with Crippen LogP contribution in [0.2, 0.25) is 0 Å². The van der Waals surface area contributed by atoms with Crippen LogP contribution < -0.4 is 15.2 Å². The number of nitriles is 1. The predicted molar refractivity (Wildman–Crippen MR) is 125 cm³/mol. The summed E-state index contributed by atoms with van der Waals surface area (Å²) in [4.78, 5) is 24.8. The zero-order valence-electron chi connectivity index (χ0n) is 19.0. The second-order valence-electron chi connectivity index (χ2n) is 8.23. The van der Waals surface area contributed by atoms with Crippen LogP contribution in [0.3, 0.4) is 0 Å². The molecule has 33 heavy (non-hydrogen) atoms. The fourth-order valence-corrected chi connectivity index (χ4v) is 4.29. The number of ether oxygens (including phenoxy) is 1. The Balaban J connectivity index is 1.90. The fraction of sp³-hybridized carbons (Fsp3) is 0.360. The summed E-state index contributed by atoms with van der Waals surface area (Å²) in [6, 6.07) is 9.53. The molecule has 8 heteroatoms. The number of hydrogen-bond acceptors (Lipinski definition) is 6. The molecule has 0 bridgehead atoms. The van der Waals surface area contributed by atoms with Gasteiger partial charge in [-0.05, 0) is 37.0 Å². The van der Waals surface area contributed by atoms with Gasteiger partial charge in [-0.2, -0.15) is 5.26 Å². The third-order valence-corrected chi connectivity index (χ3v) is 6.34. The number of hydrogen-bond donors (Lipinski definition) is 0. The van der Waals surface area contributed by atoms with Crippen LogP contribution in [0.1, 0.15) is 31.7 Å². The SMILES string of the molecule is CCC1CCN(c2nc(-c3ccc(C#N)c(F)c3)c(-c3ccc(OC)nc3)c(=O)n2C)CC1. The molecule has 1 aromatic carbocycles. The number of pyridine rings is 1. The highest BCUT2D eigenvalue weighted by molar-refractivity contribution is 5.81. The minimum absolute atomic E-state index is 0.0582. The van der Waals surface area contributed by atoms with Crippen molar-refractivity contribution in [3.05, 3.63) is 58.3 Å². The standard InChI is InChI=1S/C25H26FN5O2/c1-4-16-9-11-31(12-10-16)25-29-23(17-5-6-18(14-27)20(26)13-17)22(24(32)30(25)2)19-7-8-21(33-3)28-15-19/h5-8,13,15-16H,4,9-12H2,1-3H3. The summed E-state index contributed by atoms with van der Waals surface area (Å²) < 4.78 is 21.2. The van der Waals surface area contributed by atoms with Gasteiger partial charge in [0, 0.05) is 43.5 Å². The van der Waals surface area contributed by atoms with Crippen LogP contribution in [0, 0.1) is 23.1 Å². The number of halogens is 1. The van der Waals surface area contributed by atoms with Crippen LogP contribution in [0.25, 0.3) is 22.4 Å². The Morgan fingerprint density at radius 2 is 1.94 bits per heavy atom. The summed E-state index contributed by atoms with van der Waals surface area (Å²) in [7, 11) is 3.23. The van der Waals surface area contributed by atoms with Gasteiger partial charge in [0.1, 0.15) is 11.9 Å². The number of piperidine rings is 1. The highest BCUT2D eigenvalue weighted by Crippen LogP contribution is 2.32. The van der Waals surface area contributed by atoms with Gasteiger partial charge in [0.15, 0.2) is 0 Å². The third-order valence-electron chi connectivity index (χ3n) is 6.34. The highest BCUT2D eigenvalue weighted by Gasteiger charge is 2.25. The summed E-state index contributed by atoms with van der Waals surface area (Å²) in [5, 5.41) is 9.11. The highest BCUT2D eigenvalue weighted by atomic mass is 19.1. The first-order valence-electron chi connectivity index (χ1n) is 11.0. The van der Waals surface area contributed by atoms with Crippen LogP contribution in [0.15, 0.2) is 41.3 Å². The molecule has 1 aliphatic heterocycles. The fourth-order valence-electron chi connectivity index (χ4n) is 4.29. The monoisotopic (exact) mass is 447 g/mol. The van der Waals surface area contributed by atoms with E-state index in [2.05, 4.69) is 16.8 Å². The number of anilines is 1. The van der Waals surface area contributed by atoms with Crippen molar-refractivity contribution in [2.24, 2.45) is 13.0 Å². The largest absolute Gasteiger partial charge is 0.481 e. The summed E-state index contributed by atoms with van der Waals surface area (Å²) >= 11 is 0. The number of nitrogens with zero attached hydrogens (tertiary/aromatic N) is 5. The third kappa shape index (κ3) is 4.31. The predicted octanol–water partition coefficient (Wildman–Crippen LogP) is 4.16. The molecule has 1 fully saturated rings. The van der Waals surface area contributed by atoms with Gasteiger partial charge < -0.3 is 9.64 Å². The summed E-state index contributed by atoms with van der Waals surface area (Å²) in [6.45, 7) is 3.82. The number of rotatable bonds is 5. The van der Waals surface area contributed by atoms with Crippen molar-refractivity contribution in [2.45, 2.75) is 26.2 Å². The average molecular weight is 448 g/mol. The van der Waals surface area contributed by atoms with Gasteiger partial charge in [-0.25, -0.2) is 14.4 Å². The molecule has 170 valence electrons. The molecule has 0 N–H and O–H groups in total. The average Bonchev–Trinajstić information content (AvgIpc) is 2.85. The molecular formula is C25H26FN5O2. The van der Waals surface area contributed by atoms with Crippen molar-refractivity contribution in [3.63, 3.8) is 0 Å². The topological polar surface area (TPSA) is 84.0 Å². The van der Waals surface area contributed by atoms with Crippen LogP contribution in [-0.4, -0.2) is 34.7 Å². The first-order valence-corrected chi connectivity index (χ1v) is 11.0. The van der Waals surface area contributed by atoms with Gasteiger partial charge in [-0.1, -0.05) is 19.4 Å². The van der Waals surface area contributed by atoms with E-state index < -0.39 is 5.82 Å². The quantitative estimate of drug-likeness (QED) is 0.584. The lowest BCUT2D eigenvalue weighted by molar-refractivity contribution is 0.390. The zero-order valence-corrected chi connectivity index (χ0v) is 19.0. The summed E-state index contributed by atoms with van der Waals surface area (Å²) in [6.07, 6.45) is 4.77. The minimum atomic E-state index is -0.651. The Morgan fingerprint density at radius 3 is 2.52 bits per heavy atom. The van der Waals surface area contributed by atoms with Crippen LogP contribution in [0.4, 0.5) is 10.3 Å². The van der Waals surface area contributed by atoms with Crippen LogP contribution >= 0.6 is 0 Å². The summed E-state index contributed by atoms with van der Waals surface area (Å²) in [5.41, 5.74) is 1.37. The lowest BCUT2D eigenvalue weighted by Crippen LogP contribution is -2.38. The molecular weight excluding hydrogens is 421 g/mol. The number of aromatic nitrogens is 3. The van der Waals surface area contributed by atoms with E-state index in [1.807, 2.05) is 6.07 Å². The Bertz CT molecular complexity index is 1260. The molecule has 7 nitrogen and oxygen atoms in total. The Morgan fingerprint density at radius 1 is 1.21 bits per heavy atom. The van der Waals surface area contributed by atoms with E-state index >= 15 is 0 Å². The molecule has 1 saturated heterocycles. The molecule has 3 aromatic rings. The van der Waals surface area contributed by atoms with Gasteiger partial charge >= 0.3 is 0 Å². The number of benzene rings is 1. The van der Waals surface area contributed by atoms with E-state index in [1.165, 1.54) is 19.2 Å². The van der Waals surface area contributed by atoms with E-state index in [4.69, 9.17) is 15.0 Å². The maximum absolute atomic E-state index is 14.5. The molecule has 4 rings (SSSR count). The first kappa shape index (κ1) is 22.5. The van der Waals surface area contributed by atoms with E-state index in [-0.39, 0.29) is 11.1 Å². The maximum Gasteiger partial charge on any atom is 0.263 e. The van der Waals surface area contributed by atoms with Crippen molar-refractivity contribution in [3.8, 4) is 34.3 Å². The van der Waals surface area contributed by atoms with E-state index in [0.717, 1.165) is 32.4 Å². The van der Waals surface area contributed by atoms with Crippen molar-refractivity contribution < 1.29 is 9.13 Å². The lowest BCUT2D eigenvalue weighted by Gasteiger charge is -2.33. The van der Waals surface area contributed by atoms with Gasteiger partial charge in [0.05, 0.1) is 23.9 Å². The second-order valence-corrected chi connectivity index (χ2v) is 8.23.